The Balaban J connectivity index is 5.09. The average molecular weight is 332 g/mol. The van der Waals surface area contributed by atoms with Crippen molar-refractivity contribution in [3.8, 4) is 0 Å². The summed E-state index contributed by atoms with van der Waals surface area (Å²) in [5.74, 6) is -4.28. The van der Waals surface area contributed by atoms with E-state index in [0.29, 0.717) is 0 Å². The van der Waals surface area contributed by atoms with Gasteiger partial charge in [-0.25, -0.2) is 4.79 Å². The van der Waals surface area contributed by atoms with Gasteiger partial charge in [0.25, 0.3) is 0 Å². The van der Waals surface area contributed by atoms with Gasteiger partial charge < -0.3 is 32.3 Å². The SMILES string of the molecule is CC(C)[C@@H](NC(=O)[C@@H](CC(N)=O)NC(=O)[C@H](N)[C@H](C)O)C(=O)O. The Hall–Kier alpha value is -2.20. The molecule has 23 heavy (non-hydrogen) atoms. The Morgan fingerprint density at radius 1 is 1.04 bits per heavy atom. The maximum absolute atomic E-state index is 12.1. The van der Waals surface area contributed by atoms with Gasteiger partial charge in [-0.05, 0) is 12.8 Å². The van der Waals surface area contributed by atoms with Crippen molar-refractivity contribution in [1.29, 1.82) is 0 Å². The zero-order valence-electron chi connectivity index (χ0n) is 13.3. The number of carbonyl (C=O) groups excluding carboxylic acids is 3. The largest absolute Gasteiger partial charge is 0.480 e. The third-order valence-electron chi connectivity index (χ3n) is 3.09. The van der Waals surface area contributed by atoms with E-state index in [9.17, 15) is 24.3 Å². The summed E-state index contributed by atoms with van der Waals surface area (Å²) in [6.45, 7) is 4.46. The summed E-state index contributed by atoms with van der Waals surface area (Å²) in [5.41, 5.74) is 10.5. The molecule has 10 heteroatoms. The molecule has 0 radical (unpaired) electrons. The zero-order valence-corrected chi connectivity index (χ0v) is 13.3. The molecule has 3 amide bonds. The molecule has 0 rings (SSSR count). The second kappa shape index (κ2) is 9.06. The first kappa shape index (κ1) is 20.8. The molecule has 0 unspecified atom stereocenters. The lowest BCUT2D eigenvalue weighted by Gasteiger charge is -2.24. The van der Waals surface area contributed by atoms with Crippen LogP contribution in [0.1, 0.15) is 27.2 Å². The van der Waals surface area contributed by atoms with Gasteiger partial charge in [0.2, 0.25) is 17.7 Å². The summed E-state index contributed by atoms with van der Waals surface area (Å²) in [6.07, 6.45) is -1.70. The minimum absolute atomic E-state index is 0.416. The molecule has 0 aliphatic carbocycles. The number of amides is 3. The summed E-state index contributed by atoms with van der Waals surface area (Å²) in [5, 5.41) is 22.7. The molecule has 0 saturated carbocycles. The summed E-state index contributed by atoms with van der Waals surface area (Å²) in [6, 6.07) is -3.89. The lowest BCUT2D eigenvalue weighted by atomic mass is 10.0. The fourth-order valence-corrected chi connectivity index (χ4v) is 1.66. The number of aliphatic hydroxyl groups is 1. The van der Waals surface area contributed by atoms with E-state index in [1.165, 1.54) is 6.92 Å². The summed E-state index contributed by atoms with van der Waals surface area (Å²) in [4.78, 5) is 46.1. The molecule has 0 spiro atoms. The van der Waals surface area contributed by atoms with Gasteiger partial charge >= 0.3 is 5.97 Å². The van der Waals surface area contributed by atoms with Crippen LogP contribution in [0.15, 0.2) is 0 Å². The molecular formula is C13H24N4O6. The van der Waals surface area contributed by atoms with Crippen molar-refractivity contribution in [2.24, 2.45) is 17.4 Å². The van der Waals surface area contributed by atoms with Crippen molar-refractivity contribution in [2.45, 2.75) is 51.4 Å². The molecule has 0 aromatic rings. The van der Waals surface area contributed by atoms with Gasteiger partial charge in [0.05, 0.1) is 12.5 Å². The normalized spacial score (nSPS) is 16.1. The number of hydrogen-bond acceptors (Lipinski definition) is 6. The molecule has 0 heterocycles. The van der Waals surface area contributed by atoms with Gasteiger partial charge in [0.1, 0.15) is 18.1 Å². The van der Waals surface area contributed by atoms with E-state index in [2.05, 4.69) is 10.6 Å². The van der Waals surface area contributed by atoms with Gasteiger partial charge in [-0.2, -0.15) is 0 Å². The third-order valence-corrected chi connectivity index (χ3v) is 3.09. The average Bonchev–Trinajstić information content (AvgIpc) is 2.41. The summed E-state index contributed by atoms with van der Waals surface area (Å²) < 4.78 is 0. The topological polar surface area (TPSA) is 185 Å². The predicted octanol–water partition coefficient (Wildman–Crippen LogP) is -2.72. The first-order chi connectivity index (χ1) is 10.5. The predicted molar refractivity (Wildman–Crippen MR) is 79.8 cm³/mol. The van der Waals surface area contributed by atoms with Crippen LogP contribution in [0.25, 0.3) is 0 Å². The zero-order chi connectivity index (χ0) is 18.3. The van der Waals surface area contributed by atoms with Crippen LogP contribution < -0.4 is 22.1 Å². The molecule has 0 saturated heterocycles. The Labute approximate surface area is 133 Å². The molecule has 8 N–H and O–H groups in total. The highest BCUT2D eigenvalue weighted by molar-refractivity contribution is 5.94. The number of nitrogens with one attached hydrogen (secondary N) is 2. The number of nitrogens with two attached hydrogens (primary N) is 2. The molecule has 4 atom stereocenters. The van der Waals surface area contributed by atoms with Crippen molar-refractivity contribution in [2.75, 3.05) is 0 Å². The number of carboxylic acids is 1. The molecule has 0 aromatic heterocycles. The van der Waals surface area contributed by atoms with Gasteiger partial charge in [-0.1, -0.05) is 13.8 Å². The number of carbonyl (C=O) groups is 4. The Morgan fingerprint density at radius 2 is 1.57 bits per heavy atom. The van der Waals surface area contributed by atoms with E-state index in [4.69, 9.17) is 16.6 Å². The molecule has 0 aliphatic heterocycles. The fraction of sp³-hybridized carbons (Fsp3) is 0.692. The van der Waals surface area contributed by atoms with Crippen LogP contribution in [0.3, 0.4) is 0 Å². The van der Waals surface area contributed by atoms with Crippen LogP contribution in [-0.4, -0.2) is 58.1 Å². The highest BCUT2D eigenvalue weighted by atomic mass is 16.4. The van der Waals surface area contributed by atoms with Gasteiger partial charge in [-0.15, -0.1) is 0 Å². The number of rotatable bonds is 9. The molecule has 10 nitrogen and oxygen atoms in total. The van der Waals surface area contributed by atoms with Crippen molar-refractivity contribution >= 4 is 23.7 Å². The van der Waals surface area contributed by atoms with Crippen LogP contribution in [0.4, 0.5) is 0 Å². The lowest BCUT2D eigenvalue weighted by Crippen LogP contribution is -2.57. The minimum Gasteiger partial charge on any atom is -0.480 e. The van der Waals surface area contributed by atoms with Crippen LogP contribution in [0, 0.1) is 5.92 Å². The number of aliphatic carboxylic acids is 1. The van der Waals surface area contributed by atoms with Crippen molar-refractivity contribution < 1.29 is 29.4 Å². The maximum atomic E-state index is 12.1. The Morgan fingerprint density at radius 3 is 1.91 bits per heavy atom. The fourth-order valence-electron chi connectivity index (χ4n) is 1.66. The number of carboxylic acid groups (broad SMARTS) is 1. The first-order valence-electron chi connectivity index (χ1n) is 7.02. The number of aliphatic hydroxyl groups excluding tert-OH is 1. The highest BCUT2D eigenvalue weighted by Gasteiger charge is 2.31. The highest BCUT2D eigenvalue weighted by Crippen LogP contribution is 2.04. The van der Waals surface area contributed by atoms with E-state index in [1.54, 1.807) is 13.8 Å². The smallest absolute Gasteiger partial charge is 0.326 e. The van der Waals surface area contributed by atoms with Gasteiger partial charge in [0.15, 0.2) is 0 Å². The monoisotopic (exact) mass is 332 g/mol. The van der Waals surface area contributed by atoms with E-state index >= 15 is 0 Å². The summed E-state index contributed by atoms with van der Waals surface area (Å²) in [7, 11) is 0. The Kier molecular flexibility index (Phi) is 8.19. The van der Waals surface area contributed by atoms with Crippen LogP contribution in [-0.2, 0) is 19.2 Å². The van der Waals surface area contributed by atoms with Crippen molar-refractivity contribution in [1.82, 2.24) is 10.6 Å². The number of hydrogen-bond donors (Lipinski definition) is 6. The maximum Gasteiger partial charge on any atom is 0.326 e. The molecule has 0 aliphatic rings. The third kappa shape index (κ3) is 7.06. The lowest BCUT2D eigenvalue weighted by molar-refractivity contribution is -0.143. The van der Waals surface area contributed by atoms with Crippen LogP contribution in [0.5, 0.6) is 0 Å². The van der Waals surface area contributed by atoms with Crippen molar-refractivity contribution in [3.05, 3.63) is 0 Å². The summed E-state index contributed by atoms with van der Waals surface area (Å²) >= 11 is 0. The minimum atomic E-state index is -1.38. The second-order valence-electron chi connectivity index (χ2n) is 5.57. The second-order valence-corrected chi connectivity index (χ2v) is 5.57. The van der Waals surface area contributed by atoms with Crippen LogP contribution >= 0.6 is 0 Å². The van der Waals surface area contributed by atoms with E-state index in [-0.39, 0.29) is 0 Å². The standard InChI is InChI=1S/C13H24N4O6/c1-5(2)10(13(22)23)17-11(20)7(4-8(14)19)16-12(21)9(15)6(3)18/h5-7,9-10,18H,4,15H2,1-3H3,(H2,14,19)(H,16,21)(H,17,20)(H,22,23)/t6-,7+,9+,10+/m0/s1. The molecule has 0 fully saturated rings. The quantitative estimate of drug-likeness (QED) is 0.265. The molecule has 0 bridgehead atoms. The molecule has 132 valence electrons. The number of primary amides is 1. The first-order valence-corrected chi connectivity index (χ1v) is 7.02. The van der Waals surface area contributed by atoms with E-state index < -0.39 is 60.3 Å². The van der Waals surface area contributed by atoms with Crippen LogP contribution in [0.2, 0.25) is 0 Å². The van der Waals surface area contributed by atoms with E-state index in [0.717, 1.165) is 0 Å². The van der Waals surface area contributed by atoms with E-state index in [1.807, 2.05) is 0 Å². The Bertz CT molecular complexity index is 465. The van der Waals surface area contributed by atoms with Gasteiger partial charge in [0, 0.05) is 0 Å². The molecule has 0 aromatic carbocycles. The van der Waals surface area contributed by atoms with Crippen molar-refractivity contribution in [3.63, 3.8) is 0 Å². The van der Waals surface area contributed by atoms with Gasteiger partial charge in [-0.3, -0.25) is 14.4 Å². The molecular weight excluding hydrogens is 308 g/mol.